The Balaban J connectivity index is 1.12. The summed E-state index contributed by atoms with van der Waals surface area (Å²) in [6.07, 6.45) is -0.763. The smallest absolute Gasteiger partial charge is 0.407 e. The van der Waals surface area contributed by atoms with E-state index in [1.165, 1.54) is 24.0 Å². The summed E-state index contributed by atoms with van der Waals surface area (Å²) in [5.74, 6) is -1.33. The molecule has 0 aromatic heterocycles. The molecular weight excluding hydrogens is 739 g/mol. The third-order valence-corrected chi connectivity index (χ3v) is 10.8. The van der Waals surface area contributed by atoms with E-state index in [0.29, 0.717) is 28.3 Å². The molecule has 3 N–H and O–H groups in total. The number of carbonyl (C=O) groups is 5. The van der Waals surface area contributed by atoms with Crippen molar-refractivity contribution in [2.24, 2.45) is 0 Å². The highest BCUT2D eigenvalue weighted by atomic mass is 16.5. The van der Waals surface area contributed by atoms with Crippen LogP contribution in [0.5, 0.6) is 5.75 Å². The predicted molar refractivity (Wildman–Crippen MR) is 220 cm³/mol. The molecule has 58 heavy (non-hydrogen) atoms. The normalized spacial score (nSPS) is 15.1. The lowest BCUT2D eigenvalue weighted by molar-refractivity contribution is -0.128. The highest BCUT2D eigenvalue weighted by Gasteiger charge is 2.38. The maximum Gasteiger partial charge on any atom is 0.407 e. The van der Waals surface area contributed by atoms with Crippen LogP contribution in [0.2, 0.25) is 0 Å². The second-order valence-corrected chi connectivity index (χ2v) is 14.2. The molecule has 0 saturated carbocycles. The Hall–Kier alpha value is -6.73. The molecule has 0 bridgehead atoms. The Bertz CT molecular complexity index is 2350. The summed E-state index contributed by atoms with van der Waals surface area (Å²) in [6.45, 7) is 1.62. The Morgan fingerprint density at radius 2 is 1.52 bits per heavy atom. The predicted octanol–water partition coefficient (Wildman–Crippen LogP) is 5.54. The first-order valence-corrected chi connectivity index (χ1v) is 19.1. The molecule has 298 valence electrons. The van der Waals surface area contributed by atoms with Crippen LogP contribution in [-0.2, 0) is 30.4 Å². The molecule has 0 unspecified atom stereocenters. The van der Waals surface area contributed by atoms with Crippen molar-refractivity contribution in [1.29, 1.82) is 0 Å². The number of para-hydroxylation sites is 2. The molecule has 0 spiro atoms. The average molecular weight is 784 g/mol. The fourth-order valence-corrected chi connectivity index (χ4v) is 7.71. The Morgan fingerprint density at radius 3 is 2.19 bits per heavy atom. The van der Waals surface area contributed by atoms with Crippen LogP contribution >= 0.6 is 0 Å². The van der Waals surface area contributed by atoms with Gasteiger partial charge in [0.05, 0.1) is 50.3 Å². The summed E-state index contributed by atoms with van der Waals surface area (Å²) in [5.41, 5.74) is 6.33. The molecule has 2 atom stereocenters. The van der Waals surface area contributed by atoms with Gasteiger partial charge in [0.1, 0.15) is 18.4 Å². The molecular formula is C45H45N5O8. The van der Waals surface area contributed by atoms with E-state index in [9.17, 15) is 24.0 Å². The molecule has 7 rings (SSSR count). The highest BCUT2D eigenvalue weighted by molar-refractivity contribution is 6.09. The fourth-order valence-electron chi connectivity index (χ4n) is 7.71. The van der Waals surface area contributed by atoms with Gasteiger partial charge in [0.25, 0.3) is 5.91 Å². The van der Waals surface area contributed by atoms with Gasteiger partial charge >= 0.3 is 12.1 Å². The van der Waals surface area contributed by atoms with E-state index in [0.717, 1.165) is 33.0 Å². The molecule has 1 aliphatic carbocycles. The number of esters is 1. The number of methoxy groups -OCH3 is 2. The van der Waals surface area contributed by atoms with Gasteiger partial charge in [-0.15, -0.1) is 0 Å². The van der Waals surface area contributed by atoms with Crippen molar-refractivity contribution < 1.29 is 38.2 Å². The number of hydrogen-bond acceptors (Lipinski definition) is 9. The lowest BCUT2D eigenvalue weighted by Crippen LogP contribution is -2.55. The molecule has 1 aliphatic heterocycles. The monoisotopic (exact) mass is 783 g/mol. The summed E-state index contributed by atoms with van der Waals surface area (Å²) in [4.78, 5) is 70.4. The lowest BCUT2D eigenvalue weighted by atomic mass is 9.98. The number of nitrogens with zero attached hydrogens (tertiary/aromatic N) is 2. The Labute approximate surface area is 336 Å². The minimum atomic E-state index is -1.14. The number of carbonyl (C=O) groups excluding carboxylic acids is 5. The topological polar surface area (TPSA) is 156 Å². The van der Waals surface area contributed by atoms with E-state index in [2.05, 4.69) is 28.1 Å². The second-order valence-electron chi connectivity index (χ2n) is 14.2. The van der Waals surface area contributed by atoms with Gasteiger partial charge in [0.15, 0.2) is 0 Å². The quantitative estimate of drug-likeness (QED) is 0.139. The number of ether oxygens (including phenoxy) is 3. The van der Waals surface area contributed by atoms with Crippen LogP contribution in [-0.4, -0.2) is 82.8 Å². The third kappa shape index (κ3) is 7.81. The zero-order valence-electron chi connectivity index (χ0n) is 32.7. The van der Waals surface area contributed by atoms with Gasteiger partial charge < -0.3 is 40.0 Å². The lowest BCUT2D eigenvalue weighted by Gasteiger charge is -2.27. The van der Waals surface area contributed by atoms with E-state index in [-0.39, 0.29) is 44.5 Å². The molecule has 0 saturated heterocycles. The van der Waals surface area contributed by atoms with Crippen LogP contribution in [0, 0.1) is 0 Å². The number of nitrogens with one attached hydrogen (secondary N) is 3. The summed E-state index contributed by atoms with van der Waals surface area (Å²) in [5, 5.41) is 9.93. The largest absolute Gasteiger partial charge is 0.496 e. The van der Waals surface area contributed by atoms with Crippen LogP contribution in [0.15, 0.2) is 103 Å². The fraction of sp³-hybridized carbons (Fsp3) is 0.267. The second kappa shape index (κ2) is 17.2. The summed E-state index contributed by atoms with van der Waals surface area (Å²) in [7, 11) is 4.49. The van der Waals surface area contributed by atoms with Gasteiger partial charge in [-0.05, 0) is 77.3 Å². The minimum absolute atomic E-state index is 0.00720. The molecule has 13 heteroatoms. The molecule has 0 radical (unpaired) electrons. The van der Waals surface area contributed by atoms with Gasteiger partial charge in [0.2, 0.25) is 11.8 Å². The van der Waals surface area contributed by atoms with Crippen molar-refractivity contribution in [2.45, 2.75) is 37.9 Å². The highest BCUT2D eigenvalue weighted by Crippen LogP contribution is 2.44. The van der Waals surface area contributed by atoms with Gasteiger partial charge in [0, 0.05) is 24.4 Å². The standard InChI is InChI=1S/C45H45N5O8/c1-27(46-2)42(52)48-37-25-49(41(51)21-22-47-45(55)58-26-36-33-13-7-5-11-31(33)32-12-6-8-14-34(32)36)38-15-9-10-16-39(38)50(43(37)53)24-35-30-19-17-29(44(54)57-4)23-28(30)18-20-40(35)56-3/h5-20,23,27,36-37,46H,21-22,24-26H2,1-4H3,(H,47,55)(H,48,52)/t27-,37-/m0/s1. The summed E-state index contributed by atoms with van der Waals surface area (Å²) < 4.78 is 16.4. The first kappa shape index (κ1) is 39.5. The van der Waals surface area contributed by atoms with Gasteiger partial charge in [-0.3, -0.25) is 14.4 Å². The van der Waals surface area contributed by atoms with Crippen LogP contribution in [0.25, 0.3) is 21.9 Å². The summed E-state index contributed by atoms with van der Waals surface area (Å²) in [6, 6.07) is 30.1. The zero-order chi connectivity index (χ0) is 40.9. The van der Waals surface area contributed by atoms with E-state index in [4.69, 9.17) is 14.2 Å². The SMILES string of the molecule is CN[C@@H](C)C(=O)N[C@H]1CN(C(=O)CCNC(=O)OCC2c3ccccc3-c3ccccc32)c2ccccc2N(Cc2c(OC)ccc3cc(C(=O)OC)ccc23)C1=O. The van der Waals surface area contributed by atoms with Gasteiger partial charge in [-0.25, -0.2) is 9.59 Å². The molecule has 2 aliphatic rings. The molecule has 0 fully saturated rings. The van der Waals surface area contributed by atoms with E-state index in [1.54, 1.807) is 62.5 Å². The Morgan fingerprint density at radius 1 is 0.845 bits per heavy atom. The first-order chi connectivity index (χ1) is 28.1. The van der Waals surface area contributed by atoms with Crippen molar-refractivity contribution in [3.05, 3.63) is 125 Å². The number of benzene rings is 5. The maximum atomic E-state index is 14.7. The zero-order valence-corrected chi connectivity index (χ0v) is 32.7. The number of hydrogen-bond donors (Lipinski definition) is 3. The third-order valence-electron chi connectivity index (χ3n) is 10.8. The number of likely N-dealkylation sites (N-methyl/N-ethyl adjacent to an activating group) is 1. The van der Waals surface area contributed by atoms with E-state index in [1.807, 2.05) is 42.5 Å². The van der Waals surface area contributed by atoms with Crippen LogP contribution in [0.1, 0.15) is 46.3 Å². The van der Waals surface area contributed by atoms with Crippen molar-refractivity contribution in [1.82, 2.24) is 16.0 Å². The van der Waals surface area contributed by atoms with Crippen LogP contribution in [0.3, 0.4) is 0 Å². The summed E-state index contributed by atoms with van der Waals surface area (Å²) >= 11 is 0. The minimum Gasteiger partial charge on any atom is -0.496 e. The molecule has 1 heterocycles. The molecule has 4 amide bonds. The molecule has 13 nitrogen and oxygen atoms in total. The van der Waals surface area contributed by atoms with Gasteiger partial charge in [-0.2, -0.15) is 0 Å². The van der Waals surface area contributed by atoms with Crippen LogP contribution in [0.4, 0.5) is 16.2 Å². The number of alkyl carbamates (subject to hydrolysis) is 1. The van der Waals surface area contributed by atoms with Crippen molar-refractivity contribution in [3.8, 4) is 16.9 Å². The first-order valence-electron chi connectivity index (χ1n) is 19.1. The van der Waals surface area contributed by atoms with Gasteiger partial charge in [-0.1, -0.05) is 72.8 Å². The number of rotatable bonds is 12. The Kier molecular flexibility index (Phi) is 11.7. The van der Waals surface area contributed by atoms with E-state index < -0.39 is 36.0 Å². The van der Waals surface area contributed by atoms with E-state index >= 15 is 0 Å². The number of anilines is 2. The average Bonchev–Trinajstić information content (AvgIpc) is 3.52. The molecule has 5 aromatic carbocycles. The molecule has 5 aromatic rings. The van der Waals surface area contributed by atoms with Crippen molar-refractivity contribution in [2.75, 3.05) is 50.8 Å². The number of fused-ring (bicyclic) bond motifs is 5. The van der Waals surface area contributed by atoms with Crippen molar-refractivity contribution >= 4 is 51.9 Å². The van der Waals surface area contributed by atoms with Crippen LogP contribution < -0.4 is 30.5 Å². The number of amides is 4. The maximum absolute atomic E-state index is 14.7. The van der Waals surface area contributed by atoms with Crippen molar-refractivity contribution in [3.63, 3.8) is 0 Å².